The second-order valence-corrected chi connectivity index (χ2v) is 5.95. The van der Waals surface area contributed by atoms with E-state index in [2.05, 4.69) is 10.3 Å². The first-order chi connectivity index (χ1) is 8.79. The zero-order valence-electron chi connectivity index (χ0n) is 10.6. The van der Waals surface area contributed by atoms with E-state index in [1.54, 1.807) is 32.4 Å². The highest BCUT2D eigenvalue weighted by molar-refractivity contribution is 8.13. The van der Waals surface area contributed by atoms with Gasteiger partial charge in [-0.15, -0.1) is 0 Å². The average molecular weight is 299 g/mol. The summed E-state index contributed by atoms with van der Waals surface area (Å²) in [6, 6.07) is 3.09. The minimum atomic E-state index is -4.37. The Bertz CT molecular complexity index is 660. The molecule has 0 spiro atoms. The van der Waals surface area contributed by atoms with Crippen molar-refractivity contribution in [1.29, 1.82) is 5.26 Å². The van der Waals surface area contributed by atoms with Crippen LogP contribution in [-0.4, -0.2) is 24.4 Å². The fourth-order valence-electron chi connectivity index (χ4n) is 1.53. The van der Waals surface area contributed by atoms with Gasteiger partial charge in [0.25, 0.3) is 10.1 Å². The van der Waals surface area contributed by atoms with Crippen LogP contribution in [-0.2, 0) is 10.1 Å². The molecule has 0 aliphatic heterocycles. The molecule has 0 heterocycles. The summed E-state index contributed by atoms with van der Waals surface area (Å²) in [7, 11) is -4.37. The van der Waals surface area contributed by atoms with Crippen molar-refractivity contribution in [2.75, 3.05) is 6.26 Å². The number of thioether (sulfide) groups is 1. The minimum Gasteiger partial charge on any atom is -0.282 e. The third-order valence-electron chi connectivity index (χ3n) is 2.26. The summed E-state index contributed by atoms with van der Waals surface area (Å²) in [5.74, 6) is 0. The van der Waals surface area contributed by atoms with E-state index in [0.29, 0.717) is 11.1 Å². The normalized spacial score (nSPS) is 12.1. The quantitative estimate of drug-likeness (QED) is 0.284. The van der Waals surface area contributed by atoms with Crippen LogP contribution in [0.4, 0.5) is 5.69 Å². The Morgan fingerprint density at radius 2 is 2.11 bits per heavy atom. The fraction of sp³-hybridized carbons (Fsp3) is 0.273. The standard InChI is InChI=1S/C11H13N3O3S2/c1-7-4-8(2)10(9(5-7)19(15,16)17)14-11(18-3)13-6-12/h4-5H,1-3H3,(H,13,14)(H,15,16,17). The molecule has 8 heteroatoms. The molecule has 1 rings (SSSR count). The largest absolute Gasteiger partial charge is 0.296 e. The van der Waals surface area contributed by atoms with Crippen LogP contribution in [0.5, 0.6) is 0 Å². The van der Waals surface area contributed by atoms with Crippen molar-refractivity contribution in [3.63, 3.8) is 0 Å². The number of aliphatic imine (C=N–C) groups is 1. The van der Waals surface area contributed by atoms with E-state index in [1.165, 1.54) is 6.07 Å². The van der Waals surface area contributed by atoms with Crippen LogP contribution < -0.4 is 5.32 Å². The molecule has 0 saturated heterocycles. The number of nitrogens with one attached hydrogen (secondary N) is 1. The van der Waals surface area contributed by atoms with E-state index >= 15 is 0 Å². The van der Waals surface area contributed by atoms with Crippen LogP contribution in [0.2, 0.25) is 0 Å². The predicted octanol–water partition coefficient (Wildman–Crippen LogP) is 1.97. The third kappa shape index (κ3) is 3.96. The summed E-state index contributed by atoms with van der Waals surface area (Å²) in [6.45, 7) is 3.41. The second-order valence-electron chi connectivity index (χ2n) is 3.76. The van der Waals surface area contributed by atoms with Crippen molar-refractivity contribution >= 4 is 32.7 Å². The smallest absolute Gasteiger partial charge is 0.282 e. The maximum absolute atomic E-state index is 11.4. The monoisotopic (exact) mass is 299 g/mol. The number of amidine groups is 1. The van der Waals surface area contributed by atoms with Crippen molar-refractivity contribution in [2.45, 2.75) is 18.7 Å². The fourth-order valence-corrected chi connectivity index (χ4v) is 2.65. The average Bonchev–Trinajstić information content (AvgIpc) is 2.29. The molecule has 19 heavy (non-hydrogen) atoms. The van der Waals surface area contributed by atoms with E-state index < -0.39 is 10.1 Å². The molecule has 0 saturated carbocycles. The summed E-state index contributed by atoms with van der Waals surface area (Å²) >= 11 is 1.16. The topological polar surface area (TPSA) is 103 Å². The molecule has 0 amide bonds. The van der Waals surface area contributed by atoms with E-state index in [-0.39, 0.29) is 15.8 Å². The predicted molar refractivity (Wildman–Crippen MR) is 75.1 cm³/mol. The van der Waals surface area contributed by atoms with Gasteiger partial charge in [0, 0.05) is 0 Å². The number of hydrogen-bond acceptors (Lipinski definition) is 5. The van der Waals surface area contributed by atoms with Crippen LogP contribution in [0.3, 0.4) is 0 Å². The van der Waals surface area contributed by atoms with Crippen molar-refractivity contribution in [3.05, 3.63) is 23.3 Å². The molecule has 6 nitrogen and oxygen atoms in total. The maximum atomic E-state index is 11.4. The van der Waals surface area contributed by atoms with Gasteiger partial charge in [-0.1, -0.05) is 17.8 Å². The van der Waals surface area contributed by atoms with Gasteiger partial charge in [0.1, 0.15) is 4.90 Å². The molecule has 1 aromatic rings. The molecule has 0 aliphatic rings. The Morgan fingerprint density at radius 3 is 2.58 bits per heavy atom. The lowest BCUT2D eigenvalue weighted by Crippen LogP contribution is -2.13. The zero-order valence-corrected chi connectivity index (χ0v) is 12.3. The van der Waals surface area contributed by atoms with Crippen molar-refractivity contribution in [3.8, 4) is 6.19 Å². The lowest BCUT2D eigenvalue weighted by molar-refractivity contribution is 0.483. The Kier molecular flexibility index (Phi) is 4.94. The van der Waals surface area contributed by atoms with E-state index in [1.807, 2.05) is 0 Å². The summed E-state index contributed by atoms with van der Waals surface area (Å²) in [5.41, 5.74) is 1.42. The first kappa shape index (κ1) is 15.5. The molecule has 0 atom stereocenters. The number of nitriles is 1. The van der Waals surface area contributed by atoms with E-state index in [4.69, 9.17) is 5.26 Å². The van der Waals surface area contributed by atoms with Crippen molar-refractivity contribution in [2.24, 2.45) is 4.99 Å². The third-order valence-corrected chi connectivity index (χ3v) is 3.70. The van der Waals surface area contributed by atoms with Crippen molar-refractivity contribution in [1.82, 2.24) is 5.32 Å². The molecule has 0 aliphatic carbocycles. The number of benzene rings is 1. The number of nitrogens with zero attached hydrogens (tertiary/aromatic N) is 2. The zero-order chi connectivity index (χ0) is 14.6. The summed E-state index contributed by atoms with van der Waals surface area (Å²) < 4.78 is 32.0. The van der Waals surface area contributed by atoms with E-state index in [9.17, 15) is 13.0 Å². The molecule has 2 N–H and O–H groups in total. The van der Waals surface area contributed by atoms with Gasteiger partial charge >= 0.3 is 0 Å². The highest BCUT2D eigenvalue weighted by Crippen LogP contribution is 2.30. The van der Waals surface area contributed by atoms with Gasteiger partial charge in [-0.25, -0.2) is 4.99 Å². The van der Waals surface area contributed by atoms with Gasteiger partial charge in [-0.2, -0.15) is 13.7 Å². The van der Waals surface area contributed by atoms with Crippen LogP contribution in [0.1, 0.15) is 11.1 Å². The molecule has 102 valence electrons. The first-order valence-electron chi connectivity index (χ1n) is 5.16. The van der Waals surface area contributed by atoms with Gasteiger partial charge in [-0.3, -0.25) is 9.87 Å². The number of rotatable bonds is 2. The van der Waals surface area contributed by atoms with Crippen molar-refractivity contribution < 1.29 is 13.0 Å². The van der Waals surface area contributed by atoms with Gasteiger partial charge in [0.2, 0.25) is 0 Å². The SMILES string of the molecule is CSC(=Nc1c(C)cc(C)cc1S(=O)(=O)O)NC#N. The Morgan fingerprint density at radius 1 is 1.47 bits per heavy atom. The molecule has 0 bridgehead atoms. The Labute approximate surface area is 116 Å². The molecule has 0 radical (unpaired) electrons. The Hall–Kier alpha value is -1.56. The summed E-state index contributed by atoms with van der Waals surface area (Å²) in [4.78, 5) is 3.81. The van der Waals surface area contributed by atoms with Crippen LogP contribution in [0, 0.1) is 25.3 Å². The highest BCUT2D eigenvalue weighted by Gasteiger charge is 2.18. The van der Waals surface area contributed by atoms with Crippen LogP contribution in [0.15, 0.2) is 22.0 Å². The molecular formula is C11H13N3O3S2. The number of aryl methyl sites for hydroxylation is 2. The molecule has 1 aromatic carbocycles. The first-order valence-corrected chi connectivity index (χ1v) is 7.82. The van der Waals surface area contributed by atoms with Gasteiger partial charge in [-0.05, 0) is 37.3 Å². The lowest BCUT2D eigenvalue weighted by atomic mass is 10.1. The molecular weight excluding hydrogens is 286 g/mol. The summed E-state index contributed by atoms with van der Waals surface area (Å²) in [5, 5.41) is 11.2. The maximum Gasteiger partial charge on any atom is 0.296 e. The van der Waals surface area contributed by atoms with Gasteiger partial charge in [0.05, 0.1) is 5.69 Å². The highest BCUT2D eigenvalue weighted by atomic mass is 32.2. The second kappa shape index (κ2) is 6.06. The molecule has 0 unspecified atom stereocenters. The minimum absolute atomic E-state index is 0.125. The van der Waals surface area contributed by atoms with Crippen LogP contribution >= 0.6 is 11.8 Å². The molecule has 0 fully saturated rings. The van der Waals surface area contributed by atoms with E-state index in [0.717, 1.165) is 11.8 Å². The Balaban J connectivity index is 3.55. The number of hydrogen-bond donors (Lipinski definition) is 2. The summed E-state index contributed by atoms with van der Waals surface area (Å²) in [6.07, 6.45) is 3.41. The van der Waals surface area contributed by atoms with Gasteiger partial charge < -0.3 is 0 Å². The van der Waals surface area contributed by atoms with Gasteiger partial charge in [0.15, 0.2) is 11.4 Å². The lowest BCUT2D eigenvalue weighted by Gasteiger charge is -2.09. The molecule has 0 aromatic heterocycles. The van der Waals surface area contributed by atoms with Crippen LogP contribution in [0.25, 0.3) is 0 Å².